The third-order valence-corrected chi connectivity index (χ3v) is 4.80. The van der Waals surface area contributed by atoms with Crippen molar-refractivity contribution in [1.29, 1.82) is 0 Å². The number of amides is 1. The lowest BCUT2D eigenvalue weighted by atomic mass is 9.99. The standard InChI is InChI=1S/C18H19N5O2S/c1-10-7-12(3)14(8-11(10)2)15-5-6-17(25)23(22-15)9-16(24)19-18-21-20-13(4)26-18/h5-8H,9H2,1-4H3,(H,19,21,24). The fourth-order valence-corrected chi connectivity index (χ4v) is 3.19. The molecule has 0 radical (unpaired) electrons. The summed E-state index contributed by atoms with van der Waals surface area (Å²) in [5, 5.41) is 15.8. The average molecular weight is 369 g/mol. The van der Waals surface area contributed by atoms with Crippen molar-refractivity contribution in [3.05, 3.63) is 56.3 Å². The van der Waals surface area contributed by atoms with Gasteiger partial charge in [-0.1, -0.05) is 17.4 Å². The number of hydrogen-bond donors (Lipinski definition) is 1. The summed E-state index contributed by atoms with van der Waals surface area (Å²) in [4.78, 5) is 24.3. The van der Waals surface area contributed by atoms with Crippen LogP contribution in [0, 0.1) is 27.7 Å². The van der Waals surface area contributed by atoms with Crippen LogP contribution in [0.5, 0.6) is 0 Å². The maximum absolute atomic E-state index is 12.2. The second-order valence-electron chi connectivity index (χ2n) is 6.14. The van der Waals surface area contributed by atoms with Gasteiger partial charge in [0.15, 0.2) is 0 Å². The number of benzene rings is 1. The van der Waals surface area contributed by atoms with Crippen LogP contribution in [0.25, 0.3) is 11.3 Å². The fraction of sp³-hybridized carbons (Fsp3) is 0.278. The van der Waals surface area contributed by atoms with E-state index < -0.39 is 0 Å². The Hall–Kier alpha value is -2.87. The van der Waals surface area contributed by atoms with E-state index >= 15 is 0 Å². The number of aryl methyl sites for hydroxylation is 4. The first kappa shape index (κ1) is 17.9. The van der Waals surface area contributed by atoms with E-state index in [2.05, 4.69) is 33.6 Å². The lowest BCUT2D eigenvalue weighted by molar-refractivity contribution is -0.117. The summed E-state index contributed by atoms with van der Waals surface area (Å²) in [5.41, 5.74) is 4.69. The van der Waals surface area contributed by atoms with Crippen LogP contribution in [0.15, 0.2) is 29.1 Å². The number of carbonyl (C=O) groups excluding carboxylic acids is 1. The minimum atomic E-state index is -0.371. The van der Waals surface area contributed by atoms with Crippen LogP contribution in [0.4, 0.5) is 5.13 Å². The molecule has 7 nitrogen and oxygen atoms in total. The van der Waals surface area contributed by atoms with Crippen LogP contribution in [0.2, 0.25) is 0 Å². The third-order valence-electron chi connectivity index (χ3n) is 4.05. The zero-order valence-electron chi connectivity index (χ0n) is 15.0. The number of aromatic nitrogens is 4. The summed E-state index contributed by atoms with van der Waals surface area (Å²) in [6.45, 7) is 7.71. The van der Waals surface area contributed by atoms with Crippen molar-refractivity contribution >= 4 is 22.4 Å². The molecule has 26 heavy (non-hydrogen) atoms. The quantitative estimate of drug-likeness (QED) is 0.763. The molecule has 0 fully saturated rings. The molecule has 0 spiro atoms. The van der Waals surface area contributed by atoms with Crippen molar-refractivity contribution in [2.45, 2.75) is 34.2 Å². The summed E-state index contributed by atoms with van der Waals surface area (Å²) in [5.74, 6) is -0.371. The molecule has 0 unspecified atom stereocenters. The molecular formula is C18H19N5O2S. The maximum atomic E-state index is 12.2. The van der Waals surface area contributed by atoms with Crippen LogP contribution >= 0.6 is 11.3 Å². The monoisotopic (exact) mass is 369 g/mol. The smallest absolute Gasteiger partial charge is 0.267 e. The second-order valence-corrected chi connectivity index (χ2v) is 7.32. The Bertz CT molecular complexity index is 1040. The molecule has 0 bridgehead atoms. The number of hydrogen-bond acceptors (Lipinski definition) is 6. The summed E-state index contributed by atoms with van der Waals surface area (Å²) in [7, 11) is 0. The molecule has 0 atom stereocenters. The largest absolute Gasteiger partial charge is 0.299 e. The highest BCUT2D eigenvalue weighted by Gasteiger charge is 2.12. The summed E-state index contributed by atoms with van der Waals surface area (Å²) < 4.78 is 1.16. The van der Waals surface area contributed by atoms with Gasteiger partial charge in [0.05, 0.1) is 5.69 Å². The second kappa shape index (κ2) is 7.17. The number of nitrogens with one attached hydrogen (secondary N) is 1. The zero-order valence-corrected chi connectivity index (χ0v) is 15.8. The van der Waals surface area contributed by atoms with Gasteiger partial charge in [0, 0.05) is 11.6 Å². The molecule has 1 N–H and O–H groups in total. The first-order chi connectivity index (χ1) is 12.3. The van der Waals surface area contributed by atoms with E-state index in [0.29, 0.717) is 10.8 Å². The molecule has 2 aromatic heterocycles. The molecule has 1 amide bonds. The average Bonchev–Trinajstić information content (AvgIpc) is 2.98. The number of rotatable bonds is 4. The molecular weight excluding hydrogens is 350 g/mol. The molecule has 0 saturated carbocycles. The Morgan fingerprint density at radius 2 is 1.81 bits per heavy atom. The van der Waals surface area contributed by atoms with Gasteiger partial charge in [-0.2, -0.15) is 5.10 Å². The Kier molecular flexibility index (Phi) is 4.94. The maximum Gasteiger partial charge on any atom is 0.267 e. The van der Waals surface area contributed by atoms with Crippen LogP contribution < -0.4 is 10.9 Å². The van der Waals surface area contributed by atoms with E-state index in [1.54, 1.807) is 13.0 Å². The lowest BCUT2D eigenvalue weighted by Gasteiger charge is -2.11. The fourth-order valence-electron chi connectivity index (χ4n) is 2.58. The minimum absolute atomic E-state index is 0.185. The topological polar surface area (TPSA) is 89.8 Å². The van der Waals surface area contributed by atoms with Crippen molar-refractivity contribution in [2.24, 2.45) is 0 Å². The molecule has 0 aliphatic heterocycles. The number of anilines is 1. The third kappa shape index (κ3) is 3.85. The van der Waals surface area contributed by atoms with Crippen LogP contribution in [-0.4, -0.2) is 25.9 Å². The molecule has 8 heteroatoms. The summed E-state index contributed by atoms with van der Waals surface area (Å²) >= 11 is 1.27. The van der Waals surface area contributed by atoms with E-state index in [-0.39, 0.29) is 18.0 Å². The zero-order chi connectivity index (χ0) is 18.8. The van der Waals surface area contributed by atoms with Gasteiger partial charge in [-0.25, -0.2) is 4.68 Å². The van der Waals surface area contributed by atoms with Crippen molar-refractivity contribution in [3.8, 4) is 11.3 Å². The Morgan fingerprint density at radius 1 is 1.08 bits per heavy atom. The molecule has 3 rings (SSSR count). The number of nitrogens with zero attached hydrogens (tertiary/aromatic N) is 4. The van der Waals surface area contributed by atoms with Gasteiger partial charge >= 0.3 is 0 Å². The normalized spacial score (nSPS) is 10.8. The van der Waals surface area contributed by atoms with Crippen LogP contribution in [0.1, 0.15) is 21.7 Å². The van der Waals surface area contributed by atoms with Crippen molar-refractivity contribution < 1.29 is 4.79 Å². The predicted octanol–water partition coefficient (Wildman–Crippen LogP) is 2.63. The molecule has 0 aliphatic carbocycles. The van der Waals surface area contributed by atoms with Gasteiger partial charge in [0.25, 0.3) is 5.56 Å². The van der Waals surface area contributed by atoms with E-state index in [0.717, 1.165) is 26.4 Å². The van der Waals surface area contributed by atoms with Gasteiger partial charge < -0.3 is 0 Å². The van der Waals surface area contributed by atoms with Crippen molar-refractivity contribution in [3.63, 3.8) is 0 Å². The van der Waals surface area contributed by atoms with Gasteiger partial charge in [-0.3, -0.25) is 14.9 Å². The van der Waals surface area contributed by atoms with Gasteiger partial charge in [-0.05, 0) is 56.5 Å². The Balaban J connectivity index is 1.87. The Labute approximate surface area is 154 Å². The van der Waals surface area contributed by atoms with E-state index in [4.69, 9.17) is 0 Å². The van der Waals surface area contributed by atoms with Crippen molar-refractivity contribution in [2.75, 3.05) is 5.32 Å². The minimum Gasteiger partial charge on any atom is -0.299 e. The first-order valence-electron chi connectivity index (χ1n) is 8.10. The molecule has 2 heterocycles. The summed E-state index contributed by atoms with van der Waals surface area (Å²) in [6, 6.07) is 7.25. The Morgan fingerprint density at radius 3 is 2.50 bits per heavy atom. The molecule has 1 aromatic carbocycles. The molecule has 0 saturated heterocycles. The van der Waals surface area contributed by atoms with E-state index in [1.807, 2.05) is 19.9 Å². The van der Waals surface area contributed by atoms with E-state index in [1.165, 1.54) is 23.0 Å². The summed E-state index contributed by atoms with van der Waals surface area (Å²) in [6.07, 6.45) is 0. The van der Waals surface area contributed by atoms with Gasteiger partial charge in [0.2, 0.25) is 11.0 Å². The molecule has 0 aliphatic rings. The van der Waals surface area contributed by atoms with Crippen LogP contribution in [0.3, 0.4) is 0 Å². The predicted molar refractivity (Wildman–Crippen MR) is 101 cm³/mol. The van der Waals surface area contributed by atoms with Crippen molar-refractivity contribution in [1.82, 2.24) is 20.0 Å². The first-order valence-corrected chi connectivity index (χ1v) is 8.91. The van der Waals surface area contributed by atoms with Crippen LogP contribution in [-0.2, 0) is 11.3 Å². The molecule has 134 valence electrons. The number of carbonyl (C=O) groups is 1. The van der Waals surface area contributed by atoms with E-state index in [9.17, 15) is 9.59 Å². The highest BCUT2D eigenvalue weighted by molar-refractivity contribution is 7.15. The lowest BCUT2D eigenvalue weighted by Crippen LogP contribution is -2.29. The van der Waals surface area contributed by atoms with Gasteiger partial charge in [0.1, 0.15) is 11.6 Å². The highest BCUT2D eigenvalue weighted by atomic mass is 32.1. The highest BCUT2D eigenvalue weighted by Crippen LogP contribution is 2.24. The SMILES string of the molecule is Cc1nnc(NC(=O)Cn2nc(-c3cc(C)c(C)cc3C)ccc2=O)s1. The molecule has 3 aromatic rings. The van der Waals surface area contributed by atoms with Gasteiger partial charge in [-0.15, -0.1) is 10.2 Å².